The Labute approximate surface area is 119 Å². The van der Waals surface area contributed by atoms with Crippen molar-refractivity contribution in [1.29, 1.82) is 0 Å². The van der Waals surface area contributed by atoms with Crippen LogP contribution in [0.4, 0.5) is 0 Å². The first kappa shape index (κ1) is 13.3. The third-order valence-electron chi connectivity index (χ3n) is 4.81. The van der Waals surface area contributed by atoms with Crippen LogP contribution >= 0.6 is 0 Å². The predicted molar refractivity (Wildman–Crippen MR) is 77.6 cm³/mol. The molecule has 1 aromatic heterocycles. The van der Waals surface area contributed by atoms with Crippen LogP contribution in [-0.2, 0) is 11.8 Å². The molecule has 0 saturated heterocycles. The van der Waals surface area contributed by atoms with Gasteiger partial charge in [0.15, 0.2) is 5.82 Å². The summed E-state index contributed by atoms with van der Waals surface area (Å²) in [5.74, 6) is 1.79. The highest BCUT2D eigenvalue weighted by molar-refractivity contribution is 5.43. The molecule has 0 saturated carbocycles. The predicted octanol–water partition coefficient (Wildman–Crippen LogP) is 2.77. The minimum atomic E-state index is -0.172. The van der Waals surface area contributed by atoms with Crippen molar-refractivity contribution in [3.63, 3.8) is 0 Å². The minimum Gasteiger partial charge on any atom is -0.339 e. The van der Waals surface area contributed by atoms with Crippen LogP contribution in [0.3, 0.4) is 0 Å². The number of hydrogen-bond donors (Lipinski definition) is 1. The molecule has 4 heteroatoms. The molecule has 1 heterocycles. The lowest BCUT2D eigenvalue weighted by atomic mass is 9.77. The summed E-state index contributed by atoms with van der Waals surface area (Å²) in [6.07, 6.45) is 2.84. The second-order valence-corrected chi connectivity index (χ2v) is 5.60. The summed E-state index contributed by atoms with van der Waals surface area (Å²) in [5, 5.41) is 4.21. The van der Waals surface area contributed by atoms with Gasteiger partial charge in [0.1, 0.15) is 0 Å². The average Bonchev–Trinajstić information content (AvgIpc) is 2.93. The lowest BCUT2D eigenvalue weighted by Gasteiger charge is -2.27. The van der Waals surface area contributed by atoms with E-state index in [0.717, 1.165) is 25.1 Å². The molecule has 20 heavy (non-hydrogen) atoms. The summed E-state index contributed by atoms with van der Waals surface area (Å²) >= 11 is 0. The topological polar surface area (TPSA) is 64.9 Å². The third kappa shape index (κ3) is 1.86. The van der Waals surface area contributed by atoms with Crippen LogP contribution in [0.25, 0.3) is 0 Å². The normalized spacial score (nSPS) is 17.6. The fourth-order valence-corrected chi connectivity index (χ4v) is 3.01. The van der Waals surface area contributed by atoms with E-state index in [1.807, 2.05) is 0 Å². The average molecular weight is 271 g/mol. The van der Waals surface area contributed by atoms with Gasteiger partial charge in [-0.15, -0.1) is 0 Å². The van der Waals surface area contributed by atoms with Crippen molar-refractivity contribution >= 4 is 0 Å². The Hall–Kier alpha value is -1.68. The summed E-state index contributed by atoms with van der Waals surface area (Å²) < 4.78 is 5.53. The van der Waals surface area contributed by atoms with Crippen LogP contribution in [0.1, 0.15) is 55.4 Å². The van der Waals surface area contributed by atoms with Gasteiger partial charge in [-0.1, -0.05) is 43.3 Å². The number of benzene rings is 1. The van der Waals surface area contributed by atoms with Crippen LogP contribution in [0.15, 0.2) is 28.8 Å². The molecule has 0 fully saturated rings. The second kappa shape index (κ2) is 5.02. The van der Waals surface area contributed by atoms with Crippen molar-refractivity contribution in [3.05, 3.63) is 47.1 Å². The molecule has 0 spiro atoms. The molecular weight excluding hydrogens is 250 g/mol. The second-order valence-electron chi connectivity index (χ2n) is 5.60. The molecule has 0 bridgehead atoms. The first-order valence-corrected chi connectivity index (χ1v) is 7.36. The first-order valence-electron chi connectivity index (χ1n) is 7.36. The number of aromatic nitrogens is 2. The van der Waals surface area contributed by atoms with Gasteiger partial charge in [0.05, 0.1) is 11.3 Å². The molecule has 0 amide bonds. The van der Waals surface area contributed by atoms with E-state index in [2.05, 4.69) is 48.3 Å². The maximum absolute atomic E-state index is 5.94. The van der Waals surface area contributed by atoms with Crippen LogP contribution in [0, 0.1) is 0 Å². The van der Waals surface area contributed by atoms with Gasteiger partial charge in [0.25, 0.3) is 0 Å². The highest BCUT2D eigenvalue weighted by Crippen LogP contribution is 2.39. The molecule has 1 aliphatic carbocycles. The maximum Gasteiger partial charge on any atom is 0.234 e. The monoisotopic (exact) mass is 271 g/mol. The summed E-state index contributed by atoms with van der Waals surface area (Å²) in [7, 11) is 0. The van der Waals surface area contributed by atoms with Gasteiger partial charge < -0.3 is 10.3 Å². The molecule has 3 rings (SSSR count). The maximum atomic E-state index is 5.94. The highest BCUT2D eigenvalue weighted by Gasteiger charge is 2.36. The van der Waals surface area contributed by atoms with E-state index in [1.165, 1.54) is 11.1 Å². The smallest absolute Gasteiger partial charge is 0.234 e. The van der Waals surface area contributed by atoms with Crippen LogP contribution in [-0.4, -0.2) is 16.7 Å². The van der Waals surface area contributed by atoms with E-state index < -0.39 is 0 Å². The number of nitrogens with zero attached hydrogens (tertiary/aromatic N) is 2. The molecule has 0 aliphatic heterocycles. The fourth-order valence-electron chi connectivity index (χ4n) is 3.01. The lowest BCUT2D eigenvalue weighted by Crippen LogP contribution is -2.34. The summed E-state index contributed by atoms with van der Waals surface area (Å²) in [6.45, 7) is 4.79. The van der Waals surface area contributed by atoms with Crippen molar-refractivity contribution in [2.24, 2.45) is 5.73 Å². The molecule has 106 valence electrons. The fraction of sp³-hybridized carbons (Fsp3) is 0.500. The molecule has 1 unspecified atom stereocenters. The summed E-state index contributed by atoms with van der Waals surface area (Å²) in [4.78, 5) is 4.66. The van der Waals surface area contributed by atoms with E-state index in [1.54, 1.807) is 0 Å². The zero-order chi connectivity index (χ0) is 14.2. The molecule has 4 nitrogen and oxygen atoms in total. The highest BCUT2D eigenvalue weighted by atomic mass is 16.5. The molecule has 2 aromatic rings. The van der Waals surface area contributed by atoms with Gasteiger partial charge in [-0.2, -0.15) is 4.98 Å². The quantitative estimate of drug-likeness (QED) is 0.908. The molecule has 1 atom stereocenters. The van der Waals surface area contributed by atoms with Crippen molar-refractivity contribution in [2.45, 2.75) is 44.4 Å². The minimum absolute atomic E-state index is 0.172. The van der Waals surface area contributed by atoms with Crippen LogP contribution < -0.4 is 5.73 Å². The molecule has 1 aromatic carbocycles. The molecular formula is C16H21N3O. The Balaban J connectivity index is 1.89. The van der Waals surface area contributed by atoms with Gasteiger partial charge in [-0.25, -0.2) is 0 Å². The first-order chi connectivity index (χ1) is 9.74. The van der Waals surface area contributed by atoms with Crippen molar-refractivity contribution in [1.82, 2.24) is 10.1 Å². The SMILES string of the molecule is CCC(CC)(CN)c1nc(C2Cc3ccccc32)no1. The Bertz CT molecular complexity index is 593. The summed E-state index contributed by atoms with van der Waals surface area (Å²) in [6, 6.07) is 8.45. The Morgan fingerprint density at radius 1 is 1.30 bits per heavy atom. The van der Waals surface area contributed by atoms with Crippen molar-refractivity contribution in [3.8, 4) is 0 Å². The van der Waals surface area contributed by atoms with Crippen molar-refractivity contribution < 1.29 is 4.52 Å². The molecule has 2 N–H and O–H groups in total. The standard InChI is InChI=1S/C16H21N3O/c1-3-16(4-2,10-17)15-18-14(19-20-15)13-9-11-7-5-6-8-12(11)13/h5-8,13H,3-4,9-10,17H2,1-2H3. The van der Waals surface area contributed by atoms with Gasteiger partial charge in [0, 0.05) is 6.54 Å². The zero-order valence-corrected chi connectivity index (χ0v) is 12.1. The van der Waals surface area contributed by atoms with E-state index in [4.69, 9.17) is 10.3 Å². The summed E-state index contributed by atoms with van der Waals surface area (Å²) in [5.41, 5.74) is 8.48. The Kier molecular flexibility index (Phi) is 3.34. The number of hydrogen-bond acceptors (Lipinski definition) is 4. The van der Waals surface area contributed by atoms with Gasteiger partial charge in [0.2, 0.25) is 5.89 Å². The van der Waals surface area contributed by atoms with Crippen LogP contribution in [0.2, 0.25) is 0 Å². The number of fused-ring (bicyclic) bond motifs is 1. The van der Waals surface area contributed by atoms with E-state index >= 15 is 0 Å². The Morgan fingerprint density at radius 3 is 2.70 bits per heavy atom. The number of rotatable bonds is 5. The van der Waals surface area contributed by atoms with Gasteiger partial charge in [-0.3, -0.25) is 0 Å². The van der Waals surface area contributed by atoms with E-state index in [-0.39, 0.29) is 11.3 Å². The van der Waals surface area contributed by atoms with E-state index in [9.17, 15) is 0 Å². The Morgan fingerprint density at radius 2 is 2.05 bits per heavy atom. The molecule has 0 radical (unpaired) electrons. The van der Waals surface area contributed by atoms with Crippen LogP contribution in [0.5, 0.6) is 0 Å². The van der Waals surface area contributed by atoms with Gasteiger partial charge >= 0.3 is 0 Å². The van der Waals surface area contributed by atoms with Gasteiger partial charge in [-0.05, 0) is 30.4 Å². The molecule has 1 aliphatic rings. The lowest BCUT2D eigenvalue weighted by molar-refractivity contribution is 0.266. The zero-order valence-electron chi connectivity index (χ0n) is 12.1. The van der Waals surface area contributed by atoms with Crippen molar-refractivity contribution in [2.75, 3.05) is 6.54 Å². The van der Waals surface area contributed by atoms with E-state index in [0.29, 0.717) is 12.4 Å². The number of nitrogens with two attached hydrogens (primary N) is 1. The largest absolute Gasteiger partial charge is 0.339 e. The third-order valence-corrected chi connectivity index (χ3v) is 4.81.